The summed E-state index contributed by atoms with van der Waals surface area (Å²) in [6.07, 6.45) is 0.799. The average molecular weight is 443 g/mol. The van der Waals surface area contributed by atoms with Crippen LogP contribution < -0.4 is 10.3 Å². The molecule has 5 rings (SSSR count). The van der Waals surface area contributed by atoms with Gasteiger partial charge in [-0.2, -0.15) is 0 Å². The molecule has 0 radical (unpaired) electrons. The van der Waals surface area contributed by atoms with E-state index in [1.807, 2.05) is 43.3 Å². The Morgan fingerprint density at radius 1 is 1.03 bits per heavy atom. The lowest BCUT2D eigenvalue weighted by Gasteiger charge is -2.24. The fourth-order valence-corrected chi connectivity index (χ4v) is 4.42. The number of amides is 1. The average Bonchev–Trinajstić information content (AvgIpc) is 3.34. The molecule has 33 heavy (non-hydrogen) atoms. The van der Waals surface area contributed by atoms with E-state index in [0.717, 1.165) is 23.1 Å². The van der Waals surface area contributed by atoms with Crippen LogP contribution in [0, 0.1) is 6.92 Å². The van der Waals surface area contributed by atoms with Gasteiger partial charge in [0.15, 0.2) is 11.2 Å². The van der Waals surface area contributed by atoms with Crippen molar-refractivity contribution in [1.29, 1.82) is 0 Å². The van der Waals surface area contributed by atoms with Crippen molar-refractivity contribution in [1.82, 2.24) is 5.16 Å². The zero-order chi connectivity index (χ0) is 23.5. The lowest BCUT2D eigenvalue weighted by Crippen LogP contribution is -2.29. The summed E-state index contributed by atoms with van der Waals surface area (Å²) in [5.74, 6) is 0.586. The van der Waals surface area contributed by atoms with E-state index in [1.165, 1.54) is 4.90 Å². The largest absolute Gasteiger partial charge is 0.450 e. The third-order valence-corrected chi connectivity index (χ3v) is 6.30. The second-order valence-corrected chi connectivity index (χ2v) is 9.60. The van der Waals surface area contributed by atoms with Crippen molar-refractivity contribution < 1.29 is 13.7 Å². The molecule has 6 heteroatoms. The van der Waals surface area contributed by atoms with E-state index in [4.69, 9.17) is 8.94 Å². The summed E-state index contributed by atoms with van der Waals surface area (Å²) in [4.78, 5) is 28.8. The van der Waals surface area contributed by atoms with Crippen LogP contribution in [-0.2, 0) is 11.8 Å². The predicted molar refractivity (Wildman–Crippen MR) is 127 cm³/mol. The van der Waals surface area contributed by atoms with Crippen LogP contribution >= 0.6 is 0 Å². The summed E-state index contributed by atoms with van der Waals surface area (Å²) in [6.45, 7) is 10.2. The van der Waals surface area contributed by atoms with Crippen LogP contribution in [0.3, 0.4) is 0 Å². The SMILES string of the molecule is CCc1ccc2oc3c(c(=O)c2c1)[C@H](c1ccc(C(C)(C)C)cc1)N(c1cc(C)on1)C3=O. The first kappa shape index (κ1) is 21.2. The summed E-state index contributed by atoms with van der Waals surface area (Å²) in [5.41, 5.74) is 3.55. The summed E-state index contributed by atoms with van der Waals surface area (Å²) < 4.78 is 11.3. The van der Waals surface area contributed by atoms with E-state index in [1.54, 1.807) is 19.1 Å². The molecule has 1 aliphatic rings. The molecule has 4 aromatic rings. The number of fused-ring (bicyclic) bond motifs is 2. The van der Waals surface area contributed by atoms with Crippen molar-refractivity contribution in [2.75, 3.05) is 4.90 Å². The fraction of sp³-hybridized carbons (Fsp3) is 0.296. The molecule has 2 aromatic carbocycles. The van der Waals surface area contributed by atoms with Crippen molar-refractivity contribution in [3.05, 3.63) is 92.5 Å². The standard InChI is InChI=1S/C27H26N2O4/c1-6-16-7-12-20-19(14-16)24(30)22-23(17-8-10-18(11-9-17)27(3,4)5)29(26(31)25(22)32-20)21-13-15(2)33-28-21/h7-14,23H,6H2,1-5H3/t23-/m0/s1. The van der Waals surface area contributed by atoms with Gasteiger partial charge in [0.2, 0.25) is 5.76 Å². The van der Waals surface area contributed by atoms with Crippen molar-refractivity contribution in [2.45, 2.75) is 52.5 Å². The summed E-state index contributed by atoms with van der Waals surface area (Å²) in [5, 5.41) is 4.56. The highest BCUT2D eigenvalue weighted by atomic mass is 16.5. The lowest BCUT2D eigenvalue weighted by atomic mass is 9.86. The minimum absolute atomic E-state index is 0.0172. The Morgan fingerprint density at radius 2 is 1.76 bits per heavy atom. The Bertz CT molecular complexity index is 1440. The minimum Gasteiger partial charge on any atom is -0.450 e. The van der Waals surface area contributed by atoms with E-state index >= 15 is 0 Å². The quantitative estimate of drug-likeness (QED) is 0.407. The van der Waals surface area contributed by atoms with Gasteiger partial charge in [-0.05, 0) is 47.6 Å². The molecular weight excluding hydrogens is 416 g/mol. The Labute approximate surface area is 191 Å². The number of hydrogen-bond donors (Lipinski definition) is 0. The predicted octanol–water partition coefficient (Wildman–Crippen LogP) is 5.70. The van der Waals surface area contributed by atoms with Crippen LogP contribution in [0.4, 0.5) is 5.82 Å². The topological polar surface area (TPSA) is 76.6 Å². The molecule has 0 aliphatic carbocycles. The van der Waals surface area contributed by atoms with E-state index < -0.39 is 11.9 Å². The number of hydrogen-bond acceptors (Lipinski definition) is 5. The summed E-state index contributed by atoms with van der Waals surface area (Å²) >= 11 is 0. The van der Waals surface area contributed by atoms with Crippen molar-refractivity contribution in [3.63, 3.8) is 0 Å². The number of carbonyl (C=O) groups is 1. The number of anilines is 1. The summed E-state index contributed by atoms with van der Waals surface area (Å²) in [6, 6.07) is 14.6. The lowest BCUT2D eigenvalue weighted by molar-refractivity contribution is 0.0969. The van der Waals surface area contributed by atoms with Gasteiger partial charge >= 0.3 is 0 Å². The molecule has 0 fully saturated rings. The second kappa shape index (κ2) is 7.44. The van der Waals surface area contributed by atoms with Crippen LogP contribution in [0.25, 0.3) is 11.0 Å². The maximum Gasteiger partial charge on any atom is 0.296 e. The first-order chi connectivity index (χ1) is 15.7. The van der Waals surface area contributed by atoms with Gasteiger partial charge < -0.3 is 8.94 Å². The number of aromatic nitrogens is 1. The number of nitrogens with zero attached hydrogens (tertiary/aromatic N) is 2. The smallest absolute Gasteiger partial charge is 0.296 e. The van der Waals surface area contributed by atoms with Crippen molar-refractivity contribution in [2.24, 2.45) is 0 Å². The van der Waals surface area contributed by atoms with Gasteiger partial charge in [0.25, 0.3) is 5.91 Å². The van der Waals surface area contributed by atoms with E-state index in [9.17, 15) is 9.59 Å². The molecule has 0 unspecified atom stereocenters. The Kier molecular flexibility index (Phi) is 4.78. The van der Waals surface area contributed by atoms with Crippen LogP contribution in [-0.4, -0.2) is 11.1 Å². The van der Waals surface area contributed by atoms with Crippen LogP contribution in [0.2, 0.25) is 0 Å². The number of carbonyl (C=O) groups excluding carboxylic acids is 1. The highest BCUT2D eigenvalue weighted by molar-refractivity contribution is 6.10. The molecule has 6 nitrogen and oxygen atoms in total. The molecule has 1 amide bonds. The van der Waals surface area contributed by atoms with Crippen LogP contribution in [0.15, 0.2) is 62.3 Å². The first-order valence-corrected chi connectivity index (χ1v) is 11.2. The number of aryl methyl sites for hydroxylation is 2. The molecule has 1 atom stereocenters. The molecular formula is C27H26N2O4. The van der Waals surface area contributed by atoms with Gasteiger partial charge in [0.05, 0.1) is 17.0 Å². The van der Waals surface area contributed by atoms with Crippen molar-refractivity contribution in [3.8, 4) is 0 Å². The van der Waals surface area contributed by atoms with E-state index in [0.29, 0.717) is 28.1 Å². The van der Waals surface area contributed by atoms with Gasteiger partial charge in [0, 0.05) is 6.07 Å². The Morgan fingerprint density at radius 3 is 2.36 bits per heavy atom. The third-order valence-electron chi connectivity index (χ3n) is 6.30. The molecule has 0 N–H and O–H groups in total. The van der Waals surface area contributed by atoms with Gasteiger partial charge in [-0.3, -0.25) is 14.5 Å². The molecule has 2 aromatic heterocycles. The number of benzene rings is 2. The van der Waals surface area contributed by atoms with E-state index in [2.05, 4.69) is 25.9 Å². The molecule has 0 spiro atoms. The Balaban J connectivity index is 1.76. The zero-order valence-electron chi connectivity index (χ0n) is 19.4. The zero-order valence-corrected chi connectivity index (χ0v) is 19.4. The van der Waals surface area contributed by atoms with Crippen LogP contribution in [0.5, 0.6) is 0 Å². The van der Waals surface area contributed by atoms with Gasteiger partial charge in [-0.1, -0.05) is 63.2 Å². The molecule has 0 saturated carbocycles. The van der Waals surface area contributed by atoms with Gasteiger partial charge in [-0.25, -0.2) is 0 Å². The first-order valence-electron chi connectivity index (χ1n) is 11.2. The minimum atomic E-state index is -0.656. The van der Waals surface area contributed by atoms with E-state index in [-0.39, 0.29) is 16.6 Å². The van der Waals surface area contributed by atoms with Gasteiger partial charge in [0.1, 0.15) is 11.3 Å². The molecule has 168 valence electrons. The normalized spacial score (nSPS) is 16.0. The van der Waals surface area contributed by atoms with Crippen molar-refractivity contribution >= 4 is 22.7 Å². The number of rotatable bonds is 3. The Hall–Kier alpha value is -3.67. The highest BCUT2D eigenvalue weighted by Gasteiger charge is 2.45. The summed E-state index contributed by atoms with van der Waals surface area (Å²) in [7, 11) is 0. The maximum absolute atomic E-state index is 13.7. The monoisotopic (exact) mass is 442 g/mol. The fourth-order valence-electron chi connectivity index (χ4n) is 4.42. The van der Waals surface area contributed by atoms with Gasteiger partial charge in [-0.15, -0.1) is 0 Å². The van der Waals surface area contributed by atoms with Crippen LogP contribution in [0.1, 0.15) is 72.3 Å². The third kappa shape index (κ3) is 3.37. The second-order valence-electron chi connectivity index (χ2n) is 9.60. The molecule has 3 heterocycles. The molecule has 0 saturated heterocycles. The highest BCUT2D eigenvalue weighted by Crippen LogP contribution is 2.41. The molecule has 1 aliphatic heterocycles. The maximum atomic E-state index is 13.7. The molecule has 0 bridgehead atoms.